The number of H-pyrrole nitrogens is 1. The maximum absolute atomic E-state index is 5.55. The van der Waals surface area contributed by atoms with Gasteiger partial charge in [0.2, 0.25) is 0 Å². The zero-order valence-electron chi connectivity index (χ0n) is 22.0. The minimum atomic E-state index is 1.12. The molecule has 1 N–H and O–H groups in total. The third-order valence-corrected chi connectivity index (χ3v) is 8.17. The largest absolute Gasteiger partial charge is 0.355 e. The Morgan fingerprint density at radius 3 is 1.68 bits per heavy atom. The zero-order chi connectivity index (χ0) is 26.8. The molecule has 3 heteroatoms. The van der Waals surface area contributed by atoms with Gasteiger partial charge in [-0.3, -0.25) is 0 Å². The average molecular weight is 512 g/mol. The van der Waals surface area contributed by atoms with Crippen LogP contribution >= 0.6 is 0 Å². The van der Waals surface area contributed by atoms with Crippen molar-refractivity contribution in [2.75, 3.05) is 0 Å². The van der Waals surface area contributed by atoms with Crippen molar-refractivity contribution in [3.63, 3.8) is 0 Å². The van der Waals surface area contributed by atoms with Gasteiger partial charge in [0.15, 0.2) is 0 Å². The first-order valence-corrected chi connectivity index (χ1v) is 13.5. The molecule has 3 heterocycles. The molecule has 0 bridgehead atoms. The molecule has 0 fully saturated rings. The number of para-hydroxylation sites is 3. The highest BCUT2D eigenvalue weighted by atomic mass is 15.0. The van der Waals surface area contributed by atoms with Gasteiger partial charge in [0.1, 0.15) is 0 Å². The summed E-state index contributed by atoms with van der Waals surface area (Å²) in [5.41, 5.74) is 10.4. The summed E-state index contributed by atoms with van der Waals surface area (Å²) >= 11 is 0. The van der Waals surface area contributed by atoms with Gasteiger partial charge in [-0.25, -0.2) is 0 Å². The average Bonchev–Trinajstić information content (AvgIpc) is 3.62. The minimum absolute atomic E-state index is 1.12. The summed E-state index contributed by atoms with van der Waals surface area (Å²) in [4.78, 5) is 3.64. The van der Waals surface area contributed by atoms with Crippen LogP contribution in [-0.2, 0) is 0 Å². The summed E-state index contributed by atoms with van der Waals surface area (Å²) in [6.07, 6.45) is 9.37. The Hall–Kier alpha value is -5.46. The first-order valence-electron chi connectivity index (χ1n) is 13.5. The van der Waals surface area contributed by atoms with Crippen LogP contribution in [0.5, 0.6) is 0 Å². The molecular weight excluding hydrogens is 486 g/mol. The van der Waals surface area contributed by atoms with Gasteiger partial charge in [-0.15, -0.1) is 6.42 Å². The first kappa shape index (κ1) is 22.5. The molecule has 0 aliphatic carbocycles. The Bertz CT molecular complexity index is 2290. The second kappa shape index (κ2) is 8.53. The molecule has 0 aliphatic heterocycles. The molecule has 0 amide bonds. The van der Waals surface area contributed by atoms with Crippen LogP contribution < -0.4 is 0 Å². The van der Waals surface area contributed by atoms with Crippen molar-refractivity contribution < 1.29 is 0 Å². The van der Waals surface area contributed by atoms with Gasteiger partial charge in [-0.1, -0.05) is 60.5 Å². The van der Waals surface area contributed by atoms with E-state index >= 15 is 0 Å². The van der Waals surface area contributed by atoms with Crippen LogP contribution in [0.15, 0.2) is 115 Å². The Labute approximate surface area is 231 Å². The molecule has 40 heavy (non-hydrogen) atoms. The lowest BCUT2D eigenvalue weighted by atomic mass is 10.1. The number of aromatic amines is 1. The molecule has 8 aromatic rings. The number of nitrogens with zero attached hydrogens (tertiary/aromatic N) is 2. The fraction of sp³-hybridized carbons (Fsp3) is 0.0270. The van der Waals surface area contributed by atoms with E-state index in [0.717, 1.165) is 33.7 Å². The van der Waals surface area contributed by atoms with Crippen LogP contribution in [0.4, 0.5) is 0 Å². The van der Waals surface area contributed by atoms with Crippen LogP contribution in [0.1, 0.15) is 11.3 Å². The molecule has 0 saturated heterocycles. The molecular formula is C37H25N3. The van der Waals surface area contributed by atoms with Crippen molar-refractivity contribution in [3.05, 3.63) is 127 Å². The van der Waals surface area contributed by atoms with Gasteiger partial charge < -0.3 is 14.1 Å². The van der Waals surface area contributed by atoms with E-state index in [2.05, 4.69) is 136 Å². The number of allylic oxidation sites excluding steroid dienone is 1. The molecule has 3 aromatic heterocycles. The fourth-order valence-corrected chi connectivity index (χ4v) is 6.42. The Morgan fingerprint density at radius 1 is 0.600 bits per heavy atom. The standard InChI is InChI=1S/C37H25N3/c1-3-4-11-27-24(2)39(35-15-8-5-12-28(27)35)25-18-20-33-31(22-25)32-23-26(19-21-34(32)38-33)40-36-16-9-6-13-29(36)30-14-7-10-17-37(30)40/h1,4-23,38H,2H3/b11-4-. The molecule has 0 atom stereocenters. The summed E-state index contributed by atoms with van der Waals surface area (Å²) in [6, 6.07) is 39.2. The van der Waals surface area contributed by atoms with Crippen molar-refractivity contribution in [2.45, 2.75) is 6.92 Å². The lowest BCUT2D eigenvalue weighted by Crippen LogP contribution is -1.96. The summed E-state index contributed by atoms with van der Waals surface area (Å²) in [5, 5.41) is 6.14. The minimum Gasteiger partial charge on any atom is -0.355 e. The van der Waals surface area contributed by atoms with Crippen molar-refractivity contribution in [2.24, 2.45) is 0 Å². The normalized spacial score (nSPS) is 12.0. The Kier molecular flexibility index (Phi) is 4.80. The van der Waals surface area contributed by atoms with E-state index in [1.165, 1.54) is 43.5 Å². The van der Waals surface area contributed by atoms with Crippen LogP contribution in [-0.4, -0.2) is 14.1 Å². The highest BCUT2D eigenvalue weighted by molar-refractivity contribution is 6.11. The molecule has 0 aliphatic rings. The quantitative estimate of drug-likeness (QED) is 0.229. The zero-order valence-corrected chi connectivity index (χ0v) is 22.0. The smallest absolute Gasteiger partial charge is 0.0541 e. The maximum Gasteiger partial charge on any atom is 0.0541 e. The molecule has 0 unspecified atom stereocenters. The number of terminal acetylenes is 1. The van der Waals surface area contributed by atoms with Gasteiger partial charge in [0.05, 0.1) is 16.6 Å². The van der Waals surface area contributed by atoms with E-state index in [-0.39, 0.29) is 0 Å². The van der Waals surface area contributed by atoms with Crippen molar-refractivity contribution in [1.29, 1.82) is 0 Å². The molecule has 5 aromatic carbocycles. The molecule has 0 radical (unpaired) electrons. The van der Waals surface area contributed by atoms with E-state index in [0.29, 0.717) is 0 Å². The number of aromatic nitrogens is 3. The van der Waals surface area contributed by atoms with Crippen molar-refractivity contribution >= 4 is 60.6 Å². The SMILES string of the molecule is C#C/C=C\c1c(C)n(-c2ccc3[nH]c4ccc(-n5c6ccccc6c6ccccc65)cc4c3c2)c2ccccc12. The third kappa shape index (κ3) is 3.14. The number of benzene rings is 5. The predicted molar refractivity (Wildman–Crippen MR) is 170 cm³/mol. The maximum atomic E-state index is 5.55. The van der Waals surface area contributed by atoms with Crippen molar-refractivity contribution in [1.82, 2.24) is 14.1 Å². The van der Waals surface area contributed by atoms with E-state index in [9.17, 15) is 0 Å². The fourth-order valence-electron chi connectivity index (χ4n) is 6.42. The number of rotatable bonds is 3. The third-order valence-electron chi connectivity index (χ3n) is 8.17. The molecule has 0 spiro atoms. The Morgan fingerprint density at radius 2 is 1.10 bits per heavy atom. The van der Waals surface area contributed by atoms with E-state index < -0.39 is 0 Å². The van der Waals surface area contributed by atoms with Gasteiger partial charge >= 0.3 is 0 Å². The summed E-state index contributed by atoms with van der Waals surface area (Å²) < 4.78 is 4.71. The van der Waals surface area contributed by atoms with Gasteiger partial charge in [0, 0.05) is 60.6 Å². The highest BCUT2D eigenvalue weighted by Gasteiger charge is 2.16. The summed E-state index contributed by atoms with van der Waals surface area (Å²) in [6.45, 7) is 2.16. The van der Waals surface area contributed by atoms with Crippen molar-refractivity contribution in [3.8, 4) is 23.7 Å². The second-order valence-corrected chi connectivity index (χ2v) is 10.3. The number of fused-ring (bicyclic) bond motifs is 7. The van der Waals surface area contributed by atoms with Gasteiger partial charge in [-0.2, -0.15) is 0 Å². The summed E-state index contributed by atoms with van der Waals surface area (Å²) in [5.74, 6) is 2.64. The second-order valence-electron chi connectivity index (χ2n) is 10.3. The van der Waals surface area contributed by atoms with Crippen LogP contribution in [0.2, 0.25) is 0 Å². The topological polar surface area (TPSA) is 25.6 Å². The van der Waals surface area contributed by atoms with E-state index in [1.54, 1.807) is 6.08 Å². The lowest BCUT2D eigenvalue weighted by Gasteiger charge is -2.10. The molecule has 0 saturated carbocycles. The van der Waals surface area contributed by atoms with Crippen LogP contribution in [0.3, 0.4) is 0 Å². The predicted octanol–water partition coefficient (Wildman–Crippen LogP) is 9.32. The van der Waals surface area contributed by atoms with Gasteiger partial charge in [-0.05, 0) is 73.7 Å². The van der Waals surface area contributed by atoms with Crippen LogP contribution in [0, 0.1) is 19.3 Å². The first-order chi connectivity index (χ1) is 19.7. The highest BCUT2D eigenvalue weighted by Crippen LogP contribution is 2.36. The van der Waals surface area contributed by atoms with E-state index in [4.69, 9.17) is 6.42 Å². The lowest BCUT2D eigenvalue weighted by molar-refractivity contribution is 1.05. The Balaban J connectivity index is 1.38. The molecule has 188 valence electrons. The molecule has 3 nitrogen and oxygen atoms in total. The summed E-state index contributed by atoms with van der Waals surface area (Å²) in [7, 11) is 0. The van der Waals surface area contributed by atoms with Gasteiger partial charge in [0.25, 0.3) is 0 Å². The number of nitrogens with one attached hydrogen (secondary N) is 1. The number of hydrogen-bond donors (Lipinski definition) is 1. The number of hydrogen-bond acceptors (Lipinski definition) is 0. The van der Waals surface area contributed by atoms with Crippen LogP contribution in [0.25, 0.3) is 72.0 Å². The molecule has 8 rings (SSSR count). The van der Waals surface area contributed by atoms with E-state index in [1.807, 2.05) is 6.08 Å². The monoisotopic (exact) mass is 511 g/mol.